The zero-order valence-corrected chi connectivity index (χ0v) is 9.25. The quantitative estimate of drug-likeness (QED) is 0.608. The largest absolute Gasteiger partial charge is 0.353 e. The molecule has 0 aliphatic rings. The average Bonchev–Trinajstić information content (AvgIpc) is 2.14. The summed E-state index contributed by atoms with van der Waals surface area (Å²) in [5.74, 6) is 0.537. The molecule has 14 heavy (non-hydrogen) atoms. The van der Waals surface area contributed by atoms with Crippen molar-refractivity contribution in [3.8, 4) is 0 Å². The van der Waals surface area contributed by atoms with E-state index in [9.17, 15) is 4.79 Å². The predicted molar refractivity (Wildman–Crippen MR) is 59.9 cm³/mol. The monoisotopic (exact) mass is 198 g/mol. The van der Waals surface area contributed by atoms with Crippen LogP contribution in [-0.2, 0) is 4.79 Å². The molecule has 0 bridgehead atoms. The number of nitrogens with one attached hydrogen (secondary N) is 1. The highest BCUT2D eigenvalue weighted by Crippen LogP contribution is 2.03. The molecule has 0 fully saturated rings. The van der Waals surface area contributed by atoms with E-state index in [1.165, 1.54) is 0 Å². The van der Waals surface area contributed by atoms with Crippen LogP contribution >= 0.6 is 0 Å². The molecule has 0 aromatic rings. The van der Waals surface area contributed by atoms with E-state index in [0.29, 0.717) is 18.9 Å². The third-order valence-electron chi connectivity index (χ3n) is 2.19. The molecule has 0 aliphatic heterocycles. The Morgan fingerprint density at radius 3 is 2.71 bits per heavy atom. The summed E-state index contributed by atoms with van der Waals surface area (Å²) in [6.45, 7) is 8.31. The number of carbonyl (C=O) groups excluding carboxylic acids is 1. The first kappa shape index (κ1) is 13.2. The Bertz CT molecular complexity index is 180. The molecule has 1 amide bonds. The zero-order valence-electron chi connectivity index (χ0n) is 9.25. The van der Waals surface area contributed by atoms with Gasteiger partial charge >= 0.3 is 0 Å². The van der Waals surface area contributed by atoms with Crippen LogP contribution in [0.5, 0.6) is 0 Å². The zero-order chi connectivity index (χ0) is 11.0. The predicted octanol–water partition coefficient (Wildman–Crippen LogP) is 1.44. The summed E-state index contributed by atoms with van der Waals surface area (Å²) in [5, 5.41) is 2.91. The lowest BCUT2D eigenvalue weighted by atomic mass is 10.1. The highest BCUT2D eigenvalue weighted by Gasteiger charge is 2.07. The normalized spacial score (nSPS) is 14.5. The molecular formula is C11H22N2O. The van der Waals surface area contributed by atoms with Crippen LogP contribution in [0.3, 0.4) is 0 Å². The Kier molecular flexibility index (Phi) is 7.11. The van der Waals surface area contributed by atoms with Gasteiger partial charge in [0.25, 0.3) is 0 Å². The van der Waals surface area contributed by atoms with Gasteiger partial charge in [-0.05, 0) is 32.2 Å². The van der Waals surface area contributed by atoms with Crippen molar-refractivity contribution in [2.24, 2.45) is 11.7 Å². The van der Waals surface area contributed by atoms with E-state index in [0.717, 1.165) is 12.8 Å². The summed E-state index contributed by atoms with van der Waals surface area (Å²) >= 11 is 0. The first-order valence-corrected chi connectivity index (χ1v) is 5.20. The topological polar surface area (TPSA) is 55.1 Å². The Labute approximate surface area is 86.8 Å². The highest BCUT2D eigenvalue weighted by molar-refractivity contribution is 5.76. The average molecular weight is 198 g/mol. The van der Waals surface area contributed by atoms with Gasteiger partial charge in [0.05, 0.1) is 0 Å². The number of hydrogen-bond donors (Lipinski definition) is 2. The number of rotatable bonds is 7. The van der Waals surface area contributed by atoms with Gasteiger partial charge in [0.2, 0.25) is 5.91 Å². The minimum absolute atomic E-state index is 0.111. The first-order chi connectivity index (χ1) is 6.60. The summed E-state index contributed by atoms with van der Waals surface area (Å²) in [7, 11) is 0. The fourth-order valence-electron chi connectivity index (χ4n) is 1.15. The van der Waals surface area contributed by atoms with Crippen LogP contribution in [0.4, 0.5) is 0 Å². The molecule has 0 saturated heterocycles. The third-order valence-corrected chi connectivity index (χ3v) is 2.19. The van der Waals surface area contributed by atoms with Crippen LogP contribution in [0.25, 0.3) is 0 Å². The van der Waals surface area contributed by atoms with Crippen LogP contribution in [0.1, 0.15) is 33.1 Å². The van der Waals surface area contributed by atoms with Crippen molar-refractivity contribution in [3.05, 3.63) is 12.7 Å². The standard InChI is InChI=1S/C11H22N2O/c1-4-5-10(3)13-11(14)7-6-9(2)8-12/h4,9-10H,1,5-8,12H2,2-3H3,(H,13,14). The summed E-state index contributed by atoms with van der Waals surface area (Å²) in [5.41, 5.74) is 5.46. The van der Waals surface area contributed by atoms with E-state index in [2.05, 4.69) is 18.8 Å². The molecule has 0 spiro atoms. The maximum Gasteiger partial charge on any atom is 0.220 e. The van der Waals surface area contributed by atoms with Gasteiger partial charge in [-0.25, -0.2) is 0 Å². The fourth-order valence-corrected chi connectivity index (χ4v) is 1.15. The Hall–Kier alpha value is -0.830. The van der Waals surface area contributed by atoms with E-state index in [1.807, 2.05) is 13.0 Å². The van der Waals surface area contributed by atoms with Crippen LogP contribution in [0.2, 0.25) is 0 Å². The van der Waals surface area contributed by atoms with Crippen molar-refractivity contribution >= 4 is 5.91 Å². The van der Waals surface area contributed by atoms with Crippen molar-refractivity contribution in [2.45, 2.75) is 39.2 Å². The molecule has 3 nitrogen and oxygen atoms in total. The van der Waals surface area contributed by atoms with Crippen LogP contribution in [-0.4, -0.2) is 18.5 Å². The second-order valence-electron chi connectivity index (χ2n) is 3.87. The SMILES string of the molecule is C=CCC(C)NC(=O)CCC(C)CN. The highest BCUT2D eigenvalue weighted by atomic mass is 16.1. The number of carbonyl (C=O) groups is 1. The lowest BCUT2D eigenvalue weighted by Crippen LogP contribution is -2.32. The second kappa shape index (κ2) is 7.56. The van der Waals surface area contributed by atoms with Gasteiger partial charge in [-0.3, -0.25) is 4.79 Å². The van der Waals surface area contributed by atoms with Crippen molar-refractivity contribution in [3.63, 3.8) is 0 Å². The molecule has 0 rings (SSSR count). The molecule has 0 aromatic carbocycles. The van der Waals surface area contributed by atoms with Gasteiger partial charge in [0.1, 0.15) is 0 Å². The minimum Gasteiger partial charge on any atom is -0.353 e. The molecule has 2 unspecified atom stereocenters. The summed E-state index contributed by atoms with van der Waals surface area (Å²) < 4.78 is 0. The fraction of sp³-hybridized carbons (Fsp3) is 0.727. The minimum atomic E-state index is 0.111. The molecule has 0 aromatic heterocycles. The van der Waals surface area contributed by atoms with Crippen LogP contribution < -0.4 is 11.1 Å². The number of nitrogens with two attached hydrogens (primary N) is 1. The number of amides is 1. The molecule has 3 heteroatoms. The Balaban J connectivity index is 3.59. The van der Waals surface area contributed by atoms with E-state index >= 15 is 0 Å². The van der Waals surface area contributed by atoms with E-state index in [1.54, 1.807) is 0 Å². The van der Waals surface area contributed by atoms with Crippen molar-refractivity contribution in [1.82, 2.24) is 5.32 Å². The molecule has 0 radical (unpaired) electrons. The van der Waals surface area contributed by atoms with Crippen LogP contribution in [0, 0.1) is 5.92 Å². The van der Waals surface area contributed by atoms with Gasteiger partial charge in [-0.15, -0.1) is 6.58 Å². The second-order valence-corrected chi connectivity index (χ2v) is 3.87. The lowest BCUT2D eigenvalue weighted by Gasteiger charge is -2.12. The van der Waals surface area contributed by atoms with Crippen LogP contribution in [0.15, 0.2) is 12.7 Å². The summed E-state index contributed by atoms with van der Waals surface area (Å²) in [6, 6.07) is 0.188. The molecule has 0 heterocycles. The Morgan fingerprint density at radius 1 is 1.57 bits per heavy atom. The first-order valence-electron chi connectivity index (χ1n) is 5.20. The smallest absolute Gasteiger partial charge is 0.220 e. The van der Waals surface area contributed by atoms with Gasteiger partial charge < -0.3 is 11.1 Å². The molecular weight excluding hydrogens is 176 g/mol. The van der Waals surface area contributed by atoms with E-state index < -0.39 is 0 Å². The Morgan fingerprint density at radius 2 is 2.21 bits per heavy atom. The van der Waals surface area contributed by atoms with Crippen molar-refractivity contribution < 1.29 is 4.79 Å². The maximum absolute atomic E-state index is 11.4. The van der Waals surface area contributed by atoms with E-state index in [4.69, 9.17) is 5.73 Å². The van der Waals surface area contributed by atoms with Gasteiger partial charge in [-0.1, -0.05) is 13.0 Å². The summed E-state index contributed by atoms with van der Waals surface area (Å²) in [6.07, 6.45) is 4.06. The molecule has 3 N–H and O–H groups in total. The van der Waals surface area contributed by atoms with Gasteiger partial charge in [0.15, 0.2) is 0 Å². The van der Waals surface area contributed by atoms with Crippen molar-refractivity contribution in [2.75, 3.05) is 6.54 Å². The molecule has 2 atom stereocenters. The molecule has 0 saturated carbocycles. The third kappa shape index (κ3) is 6.66. The molecule has 82 valence electrons. The van der Waals surface area contributed by atoms with Gasteiger partial charge in [-0.2, -0.15) is 0 Å². The molecule has 0 aliphatic carbocycles. The van der Waals surface area contributed by atoms with Crippen molar-refractivity contribution in [1.29, 1.82) is 0 Å². The van der Waals surface area contributed by atoms with E-state index in [-0.39, 0.29) is 11.9 Å². The summed E-state index contributed by atoms with van der Waals surface area (Å²) in [4.78, 5) is 11.4. The maximum atomic E-state index is 11.4. The number of hydrogen-bond acceptors (Lipinski definition) is 2. The van der Waals surface area contributed by atoms with Gasteiger partial charge in [0, 0.05) is 12.5 Å². The lowest BCUT2D eigenvalue weighted by molar-refractivity contribution is -0.121.